The zero-order valence-corrected chi connectivity index (χ0v) is 33.7. The third kappa shape index (κ3) is 5.64. The van der Waals surface area contributed by atoms with E-state index in [1.54, 1.807) is 0 Å². The molecule has 0 fully saturated rings. The van der Waals surface area contributed by atoms with Crippen LogP contribution in [0.5, 0.6) is 0 Å². The highest BCUT2D eigenvalue weighted by molar-refractivity contribution is 7.99. The molecule has 0 N–H and O–H groups in total. The first-order valence-corrected chi connectivity index (χ1v) is 21.1. The predicted octanol–water partition coefficient (Wildman–Crippen LogP) is 14.3. The summed E-state index contributed by atoms with van der Waals surface area (Å²) in [4.78, 5) is 13.2. The topological polar surface area (TPSA) is 25.8 Å². The molecule has 0 atom stereocenters. The Labute approximate surface area is 350 Å². The van der Waals surface area contributed by atoms with Crippen LogP contribution in [0.15, 0.2) is 216 Å². The zero-order valence-electron chi connectivity index (χ0n) is 32.9. The number of nitrogens with zero attached hydrogens (tertiary/aromatic N) is 2. The highest BCUT2D eigenvalue weighted by Crippen LogP contribution is 2.61. The van der Waals surface area contributed by atoms with Crippen molar-refractivity contribution in [2.24, 2.45) is 0 Å². The molecule has 9 aromatic rings. The van der Waals surface area contributed by atoms with Crippen molar-refractivity contribution in [3.8, 4) is 56.2 Å². The molecule has 1 aliphatic carbocycles. The molecule has 2 aliphatic rings. The first-order chi connectivity index (χ1) is 29.0. The van der Waals surface area contributed by atoms with Crippen LogP contribution in [-0.4, -0.2) is 9.97 Å². The summed E-state index contributed by atoms with van der Waals surface area (Å²) < 4.78 is 0. The van der Waals surface area contributed by atoms with Gasteiger partial charge in [0.15, 0.2) is 5.82 Å². The minimum absolute atomic E-state index is 0.201. The Balaban J connectivity index is 1.11. The third-order valence-electron chi connectivity index (χ3n) is 12.4. The SMILES string of the molecule is CC1(C)c2ccccc2C2(c3ccccc3Sc3ccccc32)c2cc(-c3cccc(-c4cc(-c5ccccc5)nc(-c5ccccc5-c5ccccc5)n4)c3)ccc21. The van der Waals surface area contributed by atoms with E-state index in [4.69, 9.17) is 9.97 Å². The lowest BCUT2D eigenvalue weighted by atomic mass is 9.54. The fourth-order valence-electron chi connectivity index (χ4n) is 9.68. The van der Waals surface area contributed by atoms with Gasteiger partial charge in [0, 0.05) is 31.9 Å². The molecule has 1 aromatic heterocycles. The standard InChI is InChI=1S/C56H40N2S/c1-55(2)44-26-11-12-27-46(44)56(47-28-13-15-30-52(47)59-53-31-16-14-29-48(53)56)49-35-40(32-33-45(49)55)39-22-17-23-41(34-39)51-36-50(38-20-7-4-8-21-38)57-54(58-51)43-25-10-9-24-42(43)37-18-5-3-6-19-37/h3-36H,1-2H3. The fourth-order valence-corrected chi connectivity index (χ4v) is 10.9. The zero-order chi connectivity index (χ0) is 39.6. The molecule has 2 nitrogen and oxygen atoms in total. The van der Waals surface area contributed by atoms with Crippen molar-refractivity contribution < 1.29 is 0 Å². The van der Waals surface area contributed by atoms with Crippen molar-refractivity contribution in [2.75, 3.05) is 0 Å². The Morgan fingerprint density at radius 3 is 1.53 bits per heavy atom. The van der Waals surface area contributed by atoms with Crippen LogP contribution in [0.25, 0.3) is 56.2 Å². The van der Waals surface area contributed by atoms with Crippen LogP contribution in [0.1, 0.15) is 47.2 Å². The summed E-state index contributed by atoms with van der Waals surface area (Å²) >= 11 is 1.89. The van der Waals surface area contributed by atoms with E-state index < -0.39 is 5.41 Å². The summed E-state index contributed by atoms with van der Waals surface area (Å²) in [6, 6.07) is 74.9. The Morgan fingerprint density at radius 2 is 0.831 bits per heavy atom. The molecule has 0 saturated carbocycles. The summed E-state index contributed by atoms with van der Waals surface area (Å²) in [7, 11) is 0. The van der Waals surface area contributed by atoms with Gasteiger partial charge >= 0.3 is 0 Å². The Bertz CT molecular complexity index is 3010. The van der Waals surface area contributed by atoms with Gasteiger partial charge < -0.3 is 0 Å². The molecule has 0 bridgehead atoms. The first kappa shape index (κ1) is 35.4. The van der Waals surface area contributed by atoms with Gasteiger partial charge in [0.1, 0.15) is 0 Å². The molecule has 1 aliphatic heterocycles. The van der Waals surface area contributed by atoms with Gasteiger partial charge in [-0.05, 0) is 86.0 Å². The minimum Gasteiger partial charge on any atom is -0.228 e. The van der Waals surface area contributed by atoms with Crippen molar-refractivity contribution in [1.82, 2.24) is 9.97 Å². The van der Waals surface area contributed by atoms with Crippen molar-refractivity contribution in [1.29, 1.82) is 0 Å². The van der Waals surface area contributed by atoms with Gasteiger partial charge in [-0.25, -0.2) is 9.97 Å². The summed E-state index contributed by atoms with van der Waals surface area (Å²) in [6.07, 6.45) is 0. The van der Waals surface area contributed by atoms with Crippen molar-refractivity contribution in [3.63, 3.8) is 0 Å². The Kier molecular flexibility index (Phi) is 8.35. The first-order valence-electron chi connectivity index (χ1n) is 20.3. The van der Waals surface area contributed by atoms with Crippen LogP contribution in [0, 0.1) is 0 Å². The number of benzene rings is 8. The smallest absolute Gasteiger partial charge is 0.161 e. The average molecular weight is 773 g/mol. The van der Waals surface area contributed by atoms with Crippen LogP contribution < -0.4 is 0 Å². The van der Waals surface area contributed by atoms with E-state index in [2.05, 4.69) is 214 Å². The van der Waals surface area contributed by atoms with E-state index >= 15 is 0 Å². The lowest BCUT2D eigenvalue weighted by Crippen LogP contribution is -2.43. The van der Waals surface area contributed by atoms with Crippen molar-refractivity contribution in [2.45, 2.75) is 34.5 Å². The quantitative estimate of drug-likeness (QED) is 0.174. The highest BCUT2D eigenvalue weighted by atomic mass is 32.2. The fraction of sp³-hybridized carbons (Fsp3) is 0.0714. The van der Waals surface area contributed by atoms with E-state index in [-0.39, 0.29) is 5.41 Å². The van der Waals surface area contributed by atoms with Gasteiger partial charge in [0.2, 0.25) is 0 Å². The molecule has 0 unspecified atom stereocenters. The van der Waals surface area contributed by atoms with Gasteiger partial charge in [-0.2, -0.15) is 0 Å². The maximum atomic E-state index is 5.34. The number of hydrogen-bond donors (Lipinski definition) is 0. The second-order valence-corrected chi connectivity index (χ2v) is 17.2. The van der Waals surface area contributed by atoms with Gasteiger partial charge in [-0.15, -0.1) is 0 Å². The number of aromatic nitrogens is 2. The largest absolute Gasteiger partial charge is 0.228 e. The number of rotatable bonds is 5. The van der Waals surface area contributed by atoms with E-state index in [1.165, 1.54) is 48.7 Å². The molecule has 0 radical (unpaired) electrons. The summed E-state index contributed by atoms with van der Waals surface area (Å²) in [5.74, 6) is 0.704. The highest BCUT2D eigenvalue weighted by Gasteiger charge is 2.52. The lowest BCUT2D eigenvalue weighted by molar-refractivity contribution is 0.549. The Morgan fingerprint density at radius 1 is 0.339 bits per heavy atom. The Hall–Kier alpha value is -6.81. The summed E-state index contributed by atoms with van der Waals surface area (Å²) in [5, 5.41) is 0. The van der Waals surface area contributed by atoms with Crippen LogP contribution in [0.4, 0.5) is 0 Å². The molecule has 59 heavy (non-hydrogen) atoms. The third-order valence-corrected chi connectivity index (χ3v) is 13.6. The predicted molar refractivity (Wildman–Crippen MR) is 244 cm³/mol. The van der Waals surface area contributed by atoms with Crippen LogP contribution in [-0.2, 0) is 10.8 Å². The molecular formula is C56H40N2S. The summed E-state index contributed by atoms with van der Waals surface area (Å²) in [6.45, 7) is 4.78. The lowest BCUT2D eigenvalue weighted by Gasteiger charge is -2.50. The van der Waals surface area contributed by atoms with E-state index in [0.717, 1.165) is 44.8 Å². The molecule has 1 spiro atoms. The van der Waals surface area contributed by atoms with Crippen molar-refractivity contribution in [3.05, 3.63) is 240 Å². The van der Waals surface area contributed by atoms with Gasteiger partial charge in [-0.3, -0.25) is 0 Å². The molecular weight excluding hydrogens is 733 g/mol. The maximum Gasteiger partial charge on any atom is 0.161 e. The molecule has 0 saturated heterocycles. The maximum absolute atomic E-state index is 5.34. The van der Waals surface area contributed by atoms with Crippen molar-refractivity contribution >= 4 is 11.8 Å². The number of fused-ring (bicyclic) bond motifs is 8. The van der Waals surface area contributed by atoms with Gasteiger partial charge in [0.05, 0.1) is 16.8 Å². The average Bonchev–Trinajstić information content (AvgIpc) is 3.31. The number of hydrogen-bond acceptors (Lipinski definition) is 3. The van der Waals surface area contributed by atoms with Crippen LogP contribution in [0.2, 0.25) is 0 Å². The molecule has 2 heterocycles. The summed E-state index contributed by atoms with van der Waals surface area (Å²) in [5.41, 5.74) is 16.9. The normalized spacial score (nSPS) is 14.1. The van der Waals surface area contributed by atoms with Crippen LogP contribution in [0.3, 0.4) is 0 Å². The molecule has 11 rings (SSSR count). The van der Waals surface area contributed by atoms with E-state index in [9.17, 15) is 0 Å². The molecule has 0 amide bonds. The monoisotopic (exact) mass is 772 g/mol. The van der Waals surface area contributed by atoms with E-state index in [1.807, 2.05) is 17.8 Å². The molecule has 8 aromatic carbocycles. The van der Waals surface area contributed by atoms with E-state index in [0.29, 0.717) is 5.82 Å². The van der Waals surface area contributed by atoms with Gasteiger partial charge in [0.25, 0.3) is 0 Å². The molecule has 3 heteroatoms. The molecule has 280 valence electrons. The second kappa shape index (κ2) is 13.9. The van der Waals surface area contributed by atoms with Crippen LogP contribution >= 0.6 is 11.8 Å². The van der Waals surface area contributed by atoms with Gasteiger partial charge in [-0.1, -0.05) is 202 Å². The minimum atomic E-state index is -0.480. The second-order valence-electron chi connectivity index (χ2n) is 16.1.